The summed E-state index contributed by atoms with van der Waals surface area (Å²) in [5.41, 5.74) is 0. The molecule has 1 aliphatic carbocycles. The number of hydrogen-bond donors (Lipinski definition) is 0. The zero-order chi connectivity index (χ0) is 8.86. The van der Waals surface area contributed by atoms with Gasteiger partial charge in [0.2, 0.25) is 5.79 Å². The van der Waals surface area contributed by atoms with E-state index in [1.165, 1.54) is 19.3 Å². The molecule has 2 heteroatoms. The van der Waals surface area contributed by atoms with Crippen LogP contribution in [0.25, 0.3) is 0 Å². The second-order valence-electron chi connectivity index (χ2n) is 2.98. The first kappa shape index (κ1) is 9.43. The van der Waals surface area contributed by atoms with Crippen LogP contribution < -0.4 is 0 Å². The molecule has 0 unspecified atom stereocenters. The van der Waals surface area contributed by atoms with Crippen LogP contribution in [0.3, 0.4) is 0 Å². The van der Waals surface area contributed by atoms with E-state index in [0.29, 0.717) is 0 Å². The maximum Gasteiger partial charge on any atom is 0.249 e. The van der Waals surface area contributed by atoms with Crippen molar-refractivity contribution in [1.82, 2.24) is 0 Å². The Morgan fingerprint density at radius 3 is 1.92 bits per heavy atom. The molecule has 1 fully saturated rings. The summed E-state index contributed by atoms with van der Waals surface area (Å²) in [6.45, 7) is 4.00. The fourth-order valence-corrected chi connectivity index (χ4v) is 1.66. The van der Waals surface area contributed by atoms with Gasteiger partial charge in [-0.2, -0.15) is 0 Å². The average Bonchev–Trinajstić information content (AvgIpc) is 2.58. The lowest BCUT2D eigenvalue weighted by Crippen LogP contribution is -2.32. The molecule has 1 saturated carbocycles. The fraction of sp³-hybridized carbons (Fsp3) is 0.800. The molecular weight excluding hydrogens is 152 g/mol. The Morgan fingerprint density at radius 2 is 1.42 bits per heavy atom. The molecule has 0 N–H and O–H groups in total. The van der Waals surface area contributed by atoms with E-state index >= 15 is 0 Å². The first-order valence-corrected chi connectivity index (χ1v) is 4.92. The van der Waals surface area contributed by atoms with Crippen LogP contribution in [0.5, 0.6) is 0 Å². The predicted molar refractivity (Wildman–Crippen MR) is 48.5 cm³/mol. The third-order valence-electron chi connectivity index (χ3n) is 2.24. The molecule has 2 nitrogen and oxygen atoms in total. The molecule has 70 valence electrons. The first-order chi connectivity index (χ1) is 5.91. The van der Waals surface area contributed by atoms with Crippen LogP contribution in [0.4, 0.5) is 0 Å². The Kier molecular flexibility index (Phi) is 3.45. The Bertz CT molecular complexity index is 136. The van der Waals surface area contributed by atoms with Crippen molar-refractivity contribution in [2.45, 2.75) is 51.7 Å². The van der Waals surface area contributed by atoms with Crippen LogP contribution in [0.15, 0.2) is 12.5 Å². The quantitative estimate of drug-likeness (QED) is 0.556. The van der Waals surface area contributed by atoms with Crippen molar-refractivity contribution in [3.8, 4) is 0 Å². The molecular formula is C10H18O2. The van der Waals surface area contributed by atoms with E-state index in [2.05, 4.69) is 0 Å². The van der Waals surface area contributed by atoms with Crippen LogP contribution in [0.1, 0.15) is 46.0 Å². The maximum atomic E-state index is 5.38. The largest absolute Gasteiger partial charge is 0.457 e. The molecule has 1 spiro atoms. The Labute approximate surface area is 74.6 Å². The lowest BCUT2D eigenvalue weighted by molar-refractivity contribution is -0.162. The molecule has 0 aromatic heterocycles. The van der Waals surface area contributed by atoms with E-state index < -0.39 is 0 Å². The fourth-order valence-electron chi connectivity index (χ4n) is 1.66. The first-order valence-electron chi connectivity index (χ1n) is 4.92. The van der Waals surface area contributed by atoms with E-state index in [0.717, 1.165) is 12.8 Å². The molecule has 0 amide bonds. The normalized spacial score (nSPS) is 23.8. The monoisotopic (exact) mass is 170 g/mol. The number of hydrogen-bond acceptors (Lipinski definition) is 2. The highest BCUT2D eigenvalue weighted by Crippen LogP contribution is 2.35. The van der Waals surface area contributed by atoms with Crippen LogP contribution in [0, 0.1) is 0 Å². The van der Waals surface area contributed by atoms with Gasteiger partial charge < -0.3 is 9.47 Å². The molecule has 0 atom stereocenters. The Hall–Kier alpha value is -0.660. The SMILES string of the molecule is C1=COC2(CCCCC2)O1.CC. The molecule has 0 aromatic rings. The topological polar surface area (TPSA) is 18.5 Å². The summed E-state index contributed by atoms with van der Waals surface area (Å²) in [4.78, 5) is 0. The van der Waals surface area contributed by atoms with Crippen molar-refractivity contribution in [3.63, 3.8) is 0 Å². The minimum atomic E-state index is -0.238. The van der Waals surface area contributed by atoms with Crippen LogP contribution in [-0.4, -0.2) is 5.79 Å². The third-order valence-corrected chi connectivity index (χ3v) is 2.24. The van der Waals surface area contributed by atoms with Crippen LogP contribution in [0.2, 0.25) is 0 Å². The van der Waals surface area contributed by atoms with Gasteiger partial charge in [-0.1, -0.05) is 20.3 Å². The third kappa shape index (κ3) is 1.93. The minimum Gasteiger partial charge on any atom is -0.457 e. The van der Waals surface area contributed by atoms with Gasteiger partial charge in [-0.3, -0.25) is 0 Å². The summed E-state index contributed by atoms with van der Waals surface area (Å²) in [5, 5.41) is 0. The number of rotatable bonds is 0. The van der Waals surface area contributed by atoms with E-state index in [9.17, 15) is 0 Å². The highest BCUT2D eigenvalue weighted by Gasteiger charge is 2.36. The van der Waals surface area contributed by atoms with Crippen molar-refractivity contribution in [3.05, 3.63) is 12.5 Å². The summed E-state index contributed by atoms with van der Waals surface area (Å²) < 4.78 is 10.8. The molecule has 1 aliphatic heterocycles. The van der Waals surface area contributed by atoms with Crippen LogP contribution in [-0.2, 0) is 9.47 Å². The average molecular weight is 170 g/mol. The maximum absolute atomic E-state index is 5.38. The molecule has 0 radical (unpaired) electrons. The second kappa shape index (κ2) is 4.39. The van der Waals surface area contributed by atoms with Crippen molar-refractivity contribution in [2.24, 2.45) is 0 Å². The highest BCUT2D eigenvalue weighted by atomic mass is 16.7. The highest BCUT2D eigenvalue weighted by molar-refractivity contribution is 4.85. The van der Waals surface area contributed by atoms with Crippen molar-refractivity contribution < 1.29 is 9.47 Å². The van der Waals surface area contributed by atoms with E-state index in [1.807, 2.05) is 13.8 Å². The summed E-state index contributed by atoms with van der Waals surface area (Å²) in [6.07, 6.45) is 9.23. The van der Waals surface area contributed by atoms with Crippen molar-refractivity contribution in [2.75, 3.05) is 0 Å². The standard InChI is InChI=1S/C8H12O2.C2H6/c1-2-4-8(5-3-1)9-6-7-10-8;1-2/h6-7H,1-5H2;1-2H3. The molecule has 12 heavy (non-hydrogen) atoms. The molecule has 0 saturated heterocycles. The van der Waals surface area contributed by atoms with Gasteiger partial charge in [0.05, 0.1) is 0 Å². The minimum absolute atomic E-state index is 0.238. The van der Waals surface area contributed by atoms with Gasteiger partial charge in [0.25, 0.3) is 0 Å². The zero-order valence-electron chi connectivity index (χ0n) is 8.01. The molecule has 0 bridgehead atoms. The Balaban J connectivity index is 0.000000336. The second-order valence-corrected chi connectivity index (χ2v) is 2.98. The van der Waals surface area contributed by atoms with Crippen LogP contribution >= 0.6 is 0 Å². The predicted octanol–water partition coefficient (Wildman–Crippen LogP) is 3.19. The lowest BCUT2D eigenvalue weighted by atomic mass is 9.94. The van der Waals surface area contributed by atoms with Gasteiger partial charge in [0.1, 0.15) is 12.5 Å². The van der Waals surface area contributed by atoms with E-state index in [4.69, 9.17) is 9.47 Å². The Morgan fingerprint density at radius 1 is 0.917 bits per heavy atom. The smallest absolute Gasteiger partial charge is 0.249 e. The summed E-state index contributed by atoms with van der Waals surface area (Å²) in [5.74, 6) is -0.238. The molecule has 1 heterocycles. The number of ether oxygens (including phenoxy) is 2. The lowest BCUT2D eigenvalue weighted by Gasteiger charge is -2.30. The van der Waals surface area contributed by atoms with Gasteiger partial charge in [0, 0.05) is 12.8 Å². The van der Waals surface area contributed by atoms with Crippen molar-refractivity contribution >= 4 is 0 Å². The molecule has 2 rings (SSSR count). The zero-order valence-corrected chi connectivity index (χ0v) is 8.01. The van der Waals surface area contributed by atoms with Gasteiger partial charge in [-0.05, 0) is 12.8 Å². The summed E-state index contributed by atoms with van der Waals surface area (Å²) in [6, 6.07) is 0. The summed E-state index contributed by atoms with van der Waals surface area (Å²) >= 11 is 0. The van der Waals surface area contributed by atoms with E-state index in [-0.39, 0.29) is 5.79 Å². The van der Waals surface area contributed by atoms with Gasteiger partial charge >= 0.3 is 0 Å². The molecule has 2 aliphatic rings. The van der Waals surface area contributed by atoms with Gasteiger partial charge in [0.15, 0.2) is 0 Å². The van der Waals surface area contributed by atoms with Gasteiger partial charge in [-0.15, -0.1) is 0 Å². The van der Waals surface area contributed by atoms with Crippen molar-refractivity contribution in [1.29, 1.82) is 0 Å². The van der Waals surface area contributed by atoms with E-state index in [1.54, 1.807) is 12.5 Å². The summed E-state index contributed by atoms with van der Waals surface area (Å²) in [7, 11) is 0. The van der Waals surface area contributed by atoms with Gasteiger partial charge in [-0.25, -0.2) is 0 Å². The molecule has 0 aromatic carbocycles.